The Kier molecular flexibility index (Phi) is 4.58. The van der Waals surface area contributed by atoms with Crippen LogP contribution in [-0.2, 0) is 4.79 Å². The largest absolute Gasteiger partial charge is 0.358 e. The lowest BCUT2D eigenvalue weighted by atomic mass is 9.79. The van der Waals surface area contributed by atoms with Crippen LogP contribution in [0.3, 0.4) is 0 Å². The average Bonchev–Trinajstić information content (AvgIpc) is 2.22. The van der Waals surface area contributed by atoms with Gasteiger partial charge >= 0.3 is 0 Å². The van der Waals surface area contributed by atoms with Gasteiger partial charge in [0.15, 0.2) is 0 Å². The Morgan fingerprint density at radius 2 is 1.93 bits per heavy atom. The molecule has 1 fully saturated rings. The number of rotatable bonds is 3. The maximum atomic E-state index is 11.4. The molecule has 0 spiro atoms. The van der Waals surface area contributed by atoms with Gasteiger partial charge < -0.3 is 10.6 Å². The highest BCUT2D eigenvalue weighted by Crippen LogP contribution is 2.29. The molecule has 0 bridgehead atoms. The minimum atomic E-state index is -0.0689. The molecule has 3 heteroatoms. The first-order valence-corrected chi connectivity index (χ1v) is 6.02. The van der Waals surface area contributed by atoms with Crippen LogP contribution in [-0.4, -0.2) is 25.0 Å². The third-order valence-corrected chi connectivity index (χ3v) is 3.72. The van der Waals surface area contributed by atoms with Gasteiger partial charge in [-0.1, -0.05) is 13.8 Å². The number of likely N-dealkylation sites (N-methyl/N-ethyl adjacent to an activating group) is 1. The Bertz CT molecular complexity index is 218. The van der Waals surface area contributed by atoms with E-state index < -0.39 is 0 Å². The van der Waals surface area contributed by atoms with Gasteiger partial charge in [0.2, 0.25) is 5.91 Å². The topological polar surface area (TPSA) is 41.1 Å². The summed E-state index contributed by atoms with van der Waals surface area (Å²) in [4.78, 5) is 11.4. The van der Waals surface area contributed by atoms with Crippen molar-refractivity contribution in [2.45, 2.75) is 52.1 Å². The molecule has 0 unspecified atom stereocenters. The van der Waals surface area contributed by atoms with Gasteiger partial charge in [0.05, 0.1) is 6.04 Å². The van der Waals surface area contributed by atoms with Crippen LogP contribution in [0.5, 0.6) is 0 Å². The summed E-state index contributed by atoms with van der Waals surface area (Å²) in [6.07, 6.45) is 3.68. The SMILES string of the molecule is CNC(=O)[C@@H](C)N[C@@H]1CC[C@@H](C)[C@@H](C)C1. The van der Waals surface area contributed by atoms with Gasteiger partial charge in [-0.25, -0.2) is 0 Å². The smallest absolute Gasteiger partial charge is 0.236 e. The molecule has 4 atom stereocenters. The predicted octanol–water partition coefficient (Wildman–Crippen LogP) is 1.54. The Labute approximate surface area is 93.0 Å². The van der Waals surface area contributed by atoms with Gasteiger partial charge in [-0.2, -0.15) is 0 Å². The molecular formula is C12H24N2O. The fraction of sp³-hybridized carbons (Fsp3) is 0.917. The fourth-order valence-electron chi connectivity index (χ4n) is 2.34. The van der Waals surface area contributed by atoms with Crippen molar-refractivity contribution >= 4 is 5.91 Å². The summed E-state index contributed by atoms with van der Waals surface area (Å²) in [6, 6.07) is 0.448. The molecular weight excluding hydrogens is 188 g/mol. The van der Waals surface area contributed by atoms with E-state index in [1.165, 1.54) is 19.3 Å². The lowest BCUT2D eigenvalue weighted by molar-refractivity contribution is -0.122. The number of hydrogen-bond acceptors (Lipinski definition) is 2. The standard InChI is InChI=1S/C12H24N2O/c1-8-5-6-11(7-9(8)2)14-10(3)12(15)13-4/h8-11,14H,5-7H2,1-4H3,(H,13,15)/t8-,9+,10-,11-/m1/s1. The highest BCUT2D eigenvalue weighted by molar-refractivity contribution is 5.80. The van der Waals surface area contributed by atoms with Crippen molar-refractivity contribution in [3.63, 3.8) is 0 Å². The van der Waals surface area contributed by atoms with E-state index in [1.807, 2.05) is 6.92 Å². The Hall–Kier alpha value is -0.570. The molecule has 1 aliphatic rings. The second kappa shape index (κ2) is 5.50. The molecule has 0 aliphatic heterocycles. The van der Waals surface area contributed by atoms with E-state index in [2.05, 4.69) is 24.5 Å². The highest BCUT2D eigenvalue weighted by Gasteiger charge is 2.26. The van der Waals surface area contributed by atoms with Crippen molar-refractivity contribution < 1.29 is 4.79 Å². The van der Waals surface area contributed by atoms with E-state index in [0.717, 1.165) is 11.8 Å². The average molecular weight is 212 g/mol. The first kappa shape index (κ1) is 12.5. The van der Waals surface area contributed by atoms with Crippen LogP contribution in [0.25, 0.3) is 0 Å². The maximum absolute atomic E-state index is 11.4. The molecule has 2 N–H and O–H groups in total. The number of amides is 1. The van der Waals surface area contributed by atoms with E-state index in [0.29, 0.717) is 6.04 Å². The molecule has 1 amide bonds. The van der Waals surface area contributed by atoms with E-state index >= 15 is 0 Å². The lowest BCUT2D eigenvalue weighted by Gasteiger charge is -2.33. The molecule has 0 aromatic heterocycles. The van der Waals surface area contributed by atoms with Gasteiger partial charge in [0.25, 0.3) is 0 Å². The molecule has 0 saturated heterocycles. The number of hydrogen-bond donors (Lipinski definition) is 2. The van der Waals surface area contributed by atoms with E-state index in [9.17, 15) is 4.79 Å². The summed E-state index contributed by atoms with van der Waals surface area (Å²) in [5.41, 5.74) is 0. The van der Waals surface area contributed by atoms with Crippen LogP contribution in [0.1, 0.15) is 40.0 Å². The number of carbonyl (C=O) groups excluding carboxylic acids is 1. The van der Waals surface area contributed by atoms with Crippen molar-refractivity contribution in [3.05, 3.63) is 0 Å². The van der Waals surface area contributed by atoms with E-state index in [4.69, 9.17) is 0 Å². The molecule has 1 aliphatic carbocycles. The van der Waals surface area contributed by atoms with Gasteiger partial charge in [0, 0.05) is 13.1 Å². The first-order chi connectivity index (χ1) is 7.04. The molecule has 0 aromatic rings. The molecule has 0 aromatic carbocycles. The molecule has 15 heavy (non-hydrogen) atoms. The zero-order valence-electron chi connectivity index (χ0n) is 10.3. The Morgan fingerprint density at radius 1 is 1.27 bits per heavy atom. The summed E-state index contributed by atoms with van der Waals surface area (Å²) in [6.45, 7) is 6.56. The van der Waals surface area contributed by atoms with Gasteiger partial charge in [-0.05, 0) is 38.0 Å². The van der Waals surface area contributed by atoms with Crippen molar-refractivity contribution in [2.75, 3.05) is 7.05 Å². The highest BCUT2D eigenvalue weighted by atomic mass is 16.2. The molecule has 88 valence electrons. The monoisotopic (exact) mass is 212 g/mol. The van der Waals surface area contributed by atoms with Crippen LogP contribution in [0.4, 0.5) is 0 Å². The van der Waals surface area contributed by atoms with Crippen molar-refractivity contribution in [3.8, 4) is 0 Å². The third kappa shape index (κ3) is 3.49. The maximum Gasteiger partial charge on any atom is 0.236 e. The van der Waals surface area contributed by atoms with E-state index in [-0.39, 0.29) is 11.9 Å². The summed E-state index contributed by atoms with van der Waals surface area (Å²) in [7, 11) is 1.69. The van der Waals surface area contributed by atoms with Gasteiger partial charge in [-0.3, -0.25) is 4.79 Å². The van der Waals surface area contributed by atoms with Crippen LogP contribution in [0.2, 0.25) is 0 Å². The van der Waals surface area contributed by atoms with Crippen LogP contribution in [0.15, 0.2) is 0 Å². The van der Waals surface area contributed by atoms with E-state index in [1.54, 1.807) is 7.05 Å². The molecule has 1 saturated carbocycles. The Morgan fingerprint density at radius 3 is 2.47 bits per heavy atom. The summed E-state index contributed by atoms with van der Waals surface area (Å²) >= 11 is 0. The van der Waals surface area contributed by atoms with Crippen molar-refractivity contribution in [1.82, 2.24) is 10.6 Å². The quantitative estimate of drug-likeness (QED) is 0.745. The second-order valence-corrected chi connectivity index (χ2v) is 4.97. The first-order valence-electron chi connectivity index (χ1n) is 6.02. The zero-order valence-corrected chi connectivity index (χ0v) is 10.3. The zero-order chi connectivity index (χ0) is 11.4. The summed E-state index contributed by atoms with van der Waals surface area (Å²) in [5.74, 6) is 1.69. The fourth-order valence-corrected chi connectivity index (χ4v) is 2.34. The minimum Gasteiger partial charge on any atom is -0.358 e. The van der Waals surface area contributed by atoms with Crippen molar-refractivity contribution in [2.24, 2.45) is 11.8 Å². The second-order valence-electron chi connectivity index (χ2n) is 4.97. The predicted molar refractivity (Wildman–Crippen MR) is 62.6 cm³/mol. The lowest BCUT2D eigenvalue weighted by Crippen LogP contribution is -2.47. The summed E-state index contributed by atoms with van der Waals surface area (Å²) < 4.78 is 0. The molecule has 1 rings (SSSR count). The molecule has 0 heterocycles. The number of nitrogens with one attached hydrogen (secondary N) is 2. The van der Waals surface area contributed by atoms with Crippen LogP contribution < -0.4 is 10.6 Å². The minimum absolute atomic E-state index is 0.0689. The third-order valence-electron chi connectivity index (χ3n) is 3.72. The number of carbonyl (C=O) groups is 1. The summed E-state index contributed by atoms with van der Waals surface area (Å²) in [5, 5.41) is 6.08. The van der Waals surface area contributed by atoms with Gasteiger partial charge in [-0.15, -0.1) is 0 Å². The molecule has 3 nitrogen and oxygen atoms in total. The normalized spacial score (nSPS) is 33.5. The van der Waals surface area contributed by atoms with Crippen LogP contribution >= 0.6 is 0 Å². The molecule has 0 radical (unpaired) electrons. The van der Waals surface area contributed by atoms with Crippen molar-refractivity contribution in [1.29, 1.82) is 0 Å². The van der Waals surface area contributed by atoms with Gasteiger partial charge in [0.1, 0.15) is 0 Å². The Balaban J connectivity index is 2.36. The van der Waals surface area contributed by atoms with Crippen LogP contribution in [0, 0.1) is 11.8 Å².